The second kappa shape index (κ2) is 7.06. The Bertz CT molecular complexity index is 128. The molecular formula is C8H18N2O2. The van der Waals surface area contributed by atoms with Crippen LogP contribution in [0.2, 0.25) is 0 Å². The minimum atomic E-state index is -0.143. The van der Waals surface area contributed by atoms with Crippen molar-refractivity contribution in [1.29, 1.82) is 0 Å². The van der Waals surface area contributed by atoms with Crippen molar-refractivity contribution in [3.8, 4) is 0 Å². The van der Waals surface area contributed by atoms with E-state index < -0.39 is 0 Å². The van der Waals surface area contributed by atoms with Gasteiger partial charge >= 0.3 is 0 Å². The molecule has 4 nitrogen and oxygen atoms in total. The zero-order valence-corrected chi connectivity index (χ0v) is 8.02. The maximum atomic E-state index is 11.0. The van der Waals surface area contributed by atoms with Gasteiger partial charge in [0.25, 0.3) is 0 Å². The Hall–Kier alpha value is -0.610. The zero-order chi connectivity index (χ0) is 9.40. The molecule has 0 aliphatic carbocycles. The molecule has 0 radical (unpaired) electrons. The number of nitrogens with one attached hydrogen (secondary N) is 2. The van der Waals surface area contributed by atoms with E-state index in [2.05, 4.69) is 10.6 Å². The zero-order valence-electron chi connectivity index (χ0n) is 8.02. The van der Waals surface area contributed by atoms with Crippen LogP contribution in [0.5, 0.6) is 0 Å². The number of rotatable bonds is 6. The average molecular weight is 174 g/mol. The van der Waals surface area contributed by atoms with Crippen LogP contribution < -0.4 is 10.6 Å². The molecule has 72 valence electrons. The molecule has 0 rings (SSSR count). The number of likely N-dealkylation sites (N-methyl/N-ethyl adjacent to an activating group) is 1. The lowest BCUT2D eigenvalue weighted by Crippen LogP contribution is -2.41. The van der Waals surface area contributed by atoms with Crippen molar-refractivity contribution in [1.82, 2.24) is 10.6 Å². The highest BCUT2D eigenvalue weighted by atomic mass is 16.5. The van der Waals surface area contributed by atoms with Gasteiger partial charge in [0.2, 0.25) is 5.91 Å². The Kier molecular flexibility index (Phi) is 6.70. The van der Waals surface area contributed by atoms with E-state index in [0.717, 1.165) is 6.61 Å². The number of carbonyl (C=O) groups excluding carboxylic acids is 1. The Balaban J connectivity index is 3.31. The van der Waals surface area contributed by atoms with Crippen molar-refractivity contribution in [3.05, 3.63) is 0 Å². The van der Waals surface area contributed by atoms with Gasteiger partial charge in [-0.1, -0.05) is 0 Å². The summed E-state index contributed by atoms with van der Waals surface area (Å²) in [6.45, 7) is 5.85. The molecule has 0 saturated carbocycles. The molecule has 0 aliphatic heterocycles. The van der Waals surface area contributed by atoms with E-state index >= 15 is 0 Å². The summed E-state index contributed by atoms with van der Waals surface area (Å²) < 4.78 is 5.10. The van der Waals surface area contributed by atoms with Gasteiger partial charge < -0.3 is 15.4 Å². The standard InChI is InChI=1S/C8H18N2O2/c1-4-12-6-5-10-7(2)8(11)9-3/h7,10H,4-6H2,1-3H3,(H,9,11). The topological polar surface area (TPSA) is 50.4 Å². The summed E-state index contributed by atoms with van der Waals surface area (Å²) in [5.41, 5.74) is 0. The predicted molar refractivity (Wildman–Crippen MR) is 48.0 cm³/mol. The molecule has 0 fully saturated rings. The lowest BCUT2D eigenvalue weighted by Gasteiger charge is -2.11. The van der Waals surface area contributed by atoms with Crippen LogP contribution in [0.4, 0.5) is 0 Å². The molecule has 4 heteroatoms. The van der Waals surface area contributed by atoms with Crippen LogP contribution in [-0.2, 0) is 9.53 Å². The lowest BCUT2D eigenvalue weighted by molar-refractivity contribution is -0.122. The van der Waals surface area contributed by atoms with E-state index in [1.54, 1.807) is 7.05 Å². The average Bonchev–Trinajstić information content (AvgIpc) is 2.10. The summed E-state index contributed by atoms with van der Waals surface area (Å²) >= 11 is 0. The van der Waals surface area contributed by atoms with Gasteiger partial charge in [-0.15, -0.1) is 0 Å². The molecule has 1 amide bonds. The predicted octanol–water partition coefficient (Wildman–Crippen LogP) is -0.253. The molecule has 0 bridgehead atoms. The van der Waals surface area contributed by atoms with Gasteiger partial charge in [0, 0.05) is 20.2 Å². The van der Waals surface area contributed by atoms with Crippen LogP contribution in [0, 0.1) is 0 Å². The smallest absolute Gasteiger partial charge is 0.236 e. The number of hydrogen-bond acceptors (Lipinski definition) is 3. The SMILES string of the molecule is CCOCCNC(C)C(=O)NC. The fraction of sp³-hybridized carbons (Fsp3) is 0.875. The van der Waals surface area contributed by atoms with Gasteiger partial charge in [-0.2, -0.15) is 0 Å². The number of ether oxygens (including phenoxy) is 1. The molecule has 0 saturated heterocycles. The first-order valence-electron chi connectivity index (χ1n) is 4.25. The third-order valence-corrected chi connectivity index (χ3v) is 1.54. The summed E-state index contributed by atoms with van der Waals surface area (Å²) in [6.07, 6.45) is 0. The second-order valence-corrected chi connectivity index (χ2v) is 2.49. The molecule has 0 heterocycles. The van der Waals surface area contributed by atoms with E-state index in [0.29, 0.717) is 13.2 Å². The highest BCUT2D eigenvalue weighted by molar-refractivity contribution is 5.80. The largest absolute Gasteiger partial charge is 0.380 e. The van der Waals surface area contributed by atoms with Gasteiger partial charge in [0.05, 0.1) is 12.6 Å². The molecule has 0 aromatic heterocycles. The van der Waals surface area contributed by atoms with Crippen molar-refractivity contribution >= 4 is 5.91 Å². The van der Waals surface area contributed by atoms with E-state index in [1.165, 1.54) is 0 Å². The Labute approximate surface area is 73.7 Å². The molecule has 1 atom stereocenters. The summed E-state index contributed by atoms with van der Waals surface area (Å²) in [7, 11) is 1.63. The van der Waals surface area contributed by atoms with Crippen molar-refractivity contribution < 1.29 is 9.53 Å². The van der Waals surface area contributed by atoms with Crippen molar-refractivity contribution in [2.45, 2.75) is 19.9 Å². The van der Waals surface area contributed by atoms with Crippen LogP contribution in [0.15, 0.2) is 0 Å². The molecule has 0 aromatic carbocycles. The van der Waals surface area contributed by atoms with Crippen molar-refractivity contribution in [3.63, 3.8) is 0 Å². The van der Waals surface area contributed by atoms with E-state index in [1.807, 2.05) is 13.8 Å². The van der Waals surface area contributed by atoms with Gasteiger partial charge in [-0.05, 0) is 13.8 Å². The van der Waals surface area contributed by atoms with Crippen molar-refractivity contribution in [2.24, 2.45) is 0 Å². The first-order chi connectivity index (χ1) is 5.72. The molecular weight excluding hydrogens is 156 g/mol. The van der Waals surface area contributed by atoms with Crippen LogP contribution in [0.1, 0.15) is 13.8 Å². The molecule has 0 aromatic rings. The summed E-state index contributed by atoms with van der Waals surface area (Å²) in [5.74, 6) is 0.00602. The molecule has 12 heavy (non-hydrogen) atoms. The Morgan fingerprint density at radius 1 is 1.58 bits per heavy atom. The monoisotopic (exact) mass is 174 g/mol. The minimum absolute atomic E-state index is 0.00602. The van der Waals surface area contributed by atoms with Crippen molar-refractivity contribution in [2.75, 3.05) is 26.8 Å². The minimum Gasteiger partial charge on any atom is -0.380 e. The second-order valence-electron chi connectivity index (χ2n) is 2.49. The van der Waals surface area contributed by atoms with E-state index in [4.69, 9.17) is 4.74 Å². The summed E-state index contributed by atoms with van der Waals surface area (Å²) in [6, 6.07) is -0.143. The number of amides is 1. The lowest BCUT2D eigenvalue weighted by atomic mass is 10.3. The molecule has 0 aliphatic rings. The first kappa shape index (κ1) is 11.4. The van der Waals surface area contributed by atoms with Gasteiger partial charge in [-0.3, -0.25) is 4.79 Å². The third-order valence-electron chi connectivity index (χ3n) is 1.54. The van der Waals surface area contributed by atoms with Gasteiger partial charge in [0.15, 0.2) is 0 Å². The molecule has 0 spiro atoms. The summed E-state index contributed by atoms with van der Waals surface area (Å²) in [4.78, 5) is 11.0. The van der Waals surface area contributed by atoms with Crippen LogP contribution in [0.25, 0.3) is 0 Å². The van der Waals surface area contributed by atoms with E-state index in [9.17, 15) is 4.79 Å². The highest BCUT2D eigenvalue weighted by Gasteiger charge is 2.08. The molecule has 1 unspecified atom stereocenters. The maximum Gasteiger partial charge on any atom is 0.236 e. The Morgan fingerprint density at radius 3 is 2.75 bits per heavy atom. The van der Waals surface area contributed by atoms with Gasteiger partial charge in [0.1, 0.15) is 0 Å². The Morgan fingerprint density at radius 2 is 2.25 bits per heavy atom. The normalized spacial score (nSPS) is 12.6. The van der Waals surface area contributed by atoms with E-state index in [-0.39, 0.29) is 11.9 Å². The van der Waals surface area contributed by atoms with Crippen LogP contribution >= 0.6 is 0 Å². The van der Waals surface area contributed by atoms with Crippen LogP contribution in [0.3, 0.4) is 0 Å². The van der Waals surface area contributed by atoms with Crippen LogP contribution in [-0.4, -0.2) is 38.8 Å². The quantitative estimate of drug-likeness (QED) is 0.546. The fourth-order valence-corrected chi connectivity index (χ4v) is 0.801. The number of hydrogen-bond donors (Lipinski definition) is 2. The highest BCUT2D eigenvalue weighted by Crippen LogP contribution is 1.80. The summed E-state index contributed by atoms with van der Waals surface area (Å²) in [5, 5.41) is 5.59. The number of carbonyl (C=O) groups is 1. The first-order valence-corrected chi connectivity index (χ1v) is 4.25. The van der Waals surface area contributed by atoms with Gasteiger partial charge in [-0.25, -0.2) is 0 Å². The molecule has 2 N–H and O–H groups in total. The fourth-order valence-electron chi connectivity index (χ4n) is 0.801. The third kappa shape index (κ3) is 5.09. The maximum absolute atomic E-state index is 11.0.